The molecule has 2 spiro atoms. The molecule has 0 aromatic carbocycles. The molecule has 0 saturated carbocycles. The number of aromatic nitrogens is 1. The monoisotopic (exact) mass is 448 g/mol. The third kappa shape index (κ3) is 4.02. The van der Waals surface area contributed by atoms with Crippen LogP contribution >= 0.6 is 0 Å². The van der Waals surface area contributed by atoms with E-state index in [-0.39, 0.29) is 28.4 Å². The molecule has 7 nitrogen and oxygen atoms in total. The van der Waals surface area contributed by atoms with Crippen LogP contribution < -0.4 is 0 Å². The summed E-state index contributed by atoms with van der Waals surface area (Å²) < 4.78 is 27.3. The van der Waals surface area contributed by atoms with Gasteiger partial charge in [0, 0.05) is 63.6 Å². The number of nitrogens with zero attached hydrogens (tertiary/aromatic N) is 4. The summed E-state index contributed by atoms with van der Waals surface area (Å²) in [6.07, 6.45) is 6.08. The second kappa shape index (κ2) is 8.45. The fourth-order valence-corrected chi connectivity index (χ4v) is 7.97. The van der Waals surface area contributed by atoms with E-state index in [2.05, 4.69) is 16.0 Å². The van der Waals surface area contributed by atoms with E-state index in [9.17, 15) is 13.2 Å². The lowest BCUT2D eigenvalue weighted by atomic mass is 9.60. The van der Waals surface area contributed by atoms with Gasteiger partial charge in [0.2, 0.25) is 15.9 Å². The van der Waals surface area contributed by atoms with Crippen molar-refractivity contribution in [1.29, 1.82) is 0 Å². The van der Waals surface area contributed by atoms with Gasteiger partial charge in [0.25, 0.3) is 0 Å². The predicted octanol–water partition coefficient (Wildman–Crippen LogP) is 2.20. The van der Waals surface area contributed by atoms with E-state index in [1.54, 1.807) is 10.5 Å². The number of sulfonamides is 1. The first kappa shape index (κ1) is 22.7. The quantitative estimate of drug-likeness (QED) is 0.667. The number of carbonyl (C=O) groups is 1. The van der Waals surface area contributed by atoms with Gasteiger partial charge in [-0.3, -0.25) is 14.7 Å². The fourth-order valence-electron chi connectivity index (χ4n) is 6.18. The normalized spacial score (nSPS) is 27.2. The molecule has 0 bridgehead atoms. The zero-order valence-corrected chi connectivity index (χ0v) is 19.9. The van der Waals surface area contributed by atoms with Gasteiger partial charge in [0.05, 0.1) is 11.2 Å². The van der Waals surface area contributed by atoms with Gasteiger partial charge >= 0.3 is 0 Å². The molecule has 1 aromatic rings. The first-order valence-corrected chi connectivity index (χ1v) is 13.2. The van der Waals surface area contributed by atoms with E-state index >= 15 is 0 Å². The summed E-state index contributed by atoms with van der Waals surface area (Å²) in [6.45, 7) is 10.9. The lowest BCUT2D eigenvalue weighted by Crippen LogP contribution is -2.54. The van der Waals surface area contributed by atoms with Gasteiger partial charge in [-0.15, -0.1) is 0 Å². The topological polar surface area (TPSA) is 73.8 Å². The molecule has 1 atom stereocenters. The van der Waals surface area contributed by atoms with Crippen LogP contribution in [-0.2, 0) is 21.4 Å². The zero-order valence-electron chi connectivity index (χ0n) is 19.1. The molecule has 0 aliphatic carbocycles. The maximum Gasteiger partial charge on any atom is 0.230 e. The number of hydrogen-bond acceptors (Lipinski definition) is 5. The summed E-state index contributed by atoms with van der Waals surface area (Å²) in [5, 5.41) is 0. The summed E-state index contributed by atoms with van der Waals surface area (Å²) in [5.41, 5.74) is 0.614. The van der Waals surface area contributed by atoms with Crippen molar-refractivity contribution in [1.82, 2.24) is 19.1 Å². The highest BCUT2D eigenvalue weighted by molar-refractivity contribution is 7.89. The summed E-state index contributed by atoms with van der Waals surface area (Å²) in [6, 6.07) is 4.04. The molecule has 0 unspecified atom stereocenters. The minimum absolute atomic E-state index is 0.114. The Hall–Kier alpha value is -1.51. The highest BCUT2D eigenvalue weighted by atomic mass is 32.2. The number of fused-ring (bicyclic) bond motifs is 1. The van der Waals surface area contributed by atoms with Gasteiger partial charge < -0.3 is 4.90 Å². The molecule has 0 N–H and O–H groups in total. The number of piperidine rings is 1. The number of pyridine rings is 1. The van der Waals surface area contributed by atoms with Crippen LogP contribution in [0.4, 0.5) is 0 Å². The standard InChI is InChI=1S/C23H36N4O3S/c1-4-26-11-9-23(21(26)28)18-25(15-20-6-5-10-24-14-20)17-22(23)7-12-27(13-8-22)31(29,30)16-19(2)3/h5-6,10,14,19H,4,7-9,11-13,15-18H2,1-3H3/t23-/m0/s1. The van der Waals surface area contributed by atoms with Crippen molar-refractivity contribution in [3.8, 4) is 0 Å². The molecule has 8 heteroatoms. The lowest BCUT2D eigenvalue weighted by molar-refractivity contribution is -0.141. The predicted molar refractivity (Wildman–Crippen MR) is 121 cm³/mol. The molecule has 3 fully saturated rings. The summed E-state index contributed by atoms with van der Waals surface area (Å²) in [7, 11) is -3.24. The van der Waals surface area contributed by atoms with Gasteiger partial charge in [0.1, 0.15) is 0 Å². The van der Waals surface area contributed by atoms with E-state index < -0.39 is 10.0 Å². The Bertz CT molecular complexity index is 897. The van der Waals surface area contributed by atoms with Crippen molar-refractivity contribution in [2.24, 2.45) is 16.7 Å². The second-order valence-corrected chi connectivity index (χ2v) is 12.1. The van der Waals surface area contributed by atoms with E-state index in [0.29, 0.717) is 13.1 Å². The third-order valence-corrected chi connectivity index (χ3v) is 9.91. The van der Waals surface area contributed by atoms with Gasteiger partial charge in [-0.1, -0.05) is 19.9 Å². The third-order valence-electron chi connectivity index (χ3n) is 7.67. The molecule has 172 valence electrons. The molecular formula is C23H36N4O3S. The smallest absolute Gasteiger partial charge is 0.230 e. The van der Waals surface area contributed by atoms with Gasteiger partial charge in [-0.05, 0) is 43.7 Å². The Morgan fingerprint density at radius 1 is 1.13 bits per heavy atom. The molecule has 4 heterocycles. The van der Waals surface area contributed by atoms with Crippen LogP contribution in [0.25, 0.3) is 0 Å². The van der Waals surface area contributed by atoms with Crippen LogP contribution in [-0.4, -0.2) is 78.4 Å². The number of amides is 1. The lowest BCUT2D eigenvalue weighted by Gasteiger charge is -2.46. The van der Waals surface area contributed by atoms with Crippen molar-refractivity contribution in [2.75, 3.05) is 45.0 Å². The average molecular weight is 449 g/mol. The number of likely N-dealkylation sites (tertiary alicyclic amines) is 2. The fraction of sp³-hybridized carbons (Fsp3) is 0.739. The van der Waals surface area contributed by atoms with Crippen molar-refractivity contribution < 1.29 is 13.2 Å². The van der Waals surface area contributed by atoms with E-state index in [1.165, 1.54) is 0 Å². The van der Waals surface area contributed by atoms with Crippen LogP contribution in [0.15, 0.2) is 24.5 Å². The van der Waals surface area contributed by atoms with Gasteiger partial charge in [0.15, 0.2) is 0 Å². The molecule has 3 aliphatic rings. The van der Waals surface area contributed by atoms with Crippen molar-refractivity contribution in [2.45, 2.75) is 46.6 Å². The average Bonchev–Trinajstić information content (AvgIpc) is 3.20. The second-order valence-electron chi connectivity index (χ2n) is 10.1. The Balaban J connectivity index is 1.58. The van der Waals surface area contributed by atoms with Crippen LogP contribution in [0.1, 0.15) is 45.6 Å². The van der Waals surface area contributed by atoms with Gasteiger partial charge in [-0.25, -0.2) is 12.7 Å². The van der Waals surface area contributed by atoms with Crippen molar-refractivity contribution >= 4 is 15.9 Å². The minimum Gasteiger partial charge on any atom is -0.342 e. The zero-order chi connectivity index (χ0) is 22.3. The van der Waals surface area contributed by atoms with Crippen LogP contribution in [0.3, 0.4) is 0 Å². The SMILES string of the molecule is CCN1CC[C@]2(CN(Cc3cccnc3)CC23CCN(S(=O)(=O)CC(C)C)CC3)C1=O. The number of rotatable bonds is 6. The van der Waals surface area contributed by atoms with E-state index in [1.807, 2.05) is 37.9 Å². The van der Waals surface area contributed by atoms with Gasteiger partial charge in [-0.2, -0.15) is 0 Å². The maximum absolute atomic E-state index is 13.6. The number of carbonyl (C=O) groups excluding carboxylic acids is 1. The minimum atomic E-state index is -3.24. The molecule has 3 aliphatic heterocycles. The highest BCUT2D eigenvalue weighted by Crippen LogP contribution is 2.58. The summed E-state index contributed by atoms with van der Waals surface area (Å²) in [5.74, 6) is 0.589. The Morgan fingerprint density at radius 2 is 1.87 bits per heavy atom. The highest BCUT2D eigenvalue weighted by Gasteiger charge is 2.65. The Kier molecular flexibility index (Phi) is 6.18. The largest absolute Gasteiger partial charge is 0.342 e. The first-order valence-electron chi connectivity index (χ1n) is 11.6. The summed E-state index contributed by atoms with van der Waals surface area (Å²) >= 11 is 0. The summed E-state index contributed by atoms with van der Waals surface area (Å²) in [4.78, 5) is 22.3. The van der Waals surface area contributed by atoms with Crippen LogP contribution in [0.5, 0.6) is 0 Å². The van der Waals surface area contributed by atoms with Crippen LogP contribution in [0, 0.1) is 16.7 Å². The molecule has 3 saturated heterocycles. The molecule has 0 radical (unpaired) electrons. The Morgan fingerprint density at radius 3 is 2.45 bits per heavy atom. The molecule has 4 rings (SSSR count). The molecule has 31 heavy (non-hydrogen) atoms. The Labute approximate surface area is 186 Å². The number of hydrogen-bond donors (Lipinski definition) is 0. The van der Waals surface area contributed by atoms with E-state index in [4.69, 9.17) is 0 Å². The van der Waals surface area contributed by atoms with Crippen molar-refractivity contribution in [3.05, 3.63) is 30.1 Å². The van der Waals surface area contributed by atoms with Crippen LogP contribution in [0.2, 0.25) is 0 Å². The van der Waals surface area contributed by atoms with E-state index in [0.717, 1.165) is 57.5 Å². The maximum atomic E-state index is 13.6. The molecular weight excluding hydrogens is 412 g/mol. The first-order chi connectivity index (χ1) is 14.7. The molecule has 1 aromatic heterocycles. The van der Waals surface area contributed by atoms with Crippen molar-refractivity contribution in [3.63, 3.8) is 0 Å². The molecule has 1 amide bonds.